The normalized spacial score (nSPS) is 14.9. The molecule has 2 heterocycles. The van der Waals surface area contributed by atoms with Gasteiger partial charge < -0.3 is 19.9 Å². The molecule has 0 atom stereocenters. The van der Waals surface area contributed by atoms with Crippen LogP contribution in [0, 0.1) is 5.82 Å². The molecule has 1 aliphatic heterocycles. The monoisotopic (exact) mass is 371 g/mol. The lowest BCUT2D eigenvalue weighted by atomic mass is 10.2. The van der Waals surface area contributed by atoms with E-state index in [4.69, 9.17) is 4.74 Å². The number of halogens is 1. The van der Waals surface area contributed by atoms with Gasteiger partial charge in [-0.25, -0.2) is 9.37 Å². The molecule has 0 bridgehead atoms. The van der Waals surface area contributed by atoms with Gasteiger partial charge in [-0.15, -0.1) is 0 Å². The zero-order valence-electron chi connectivity index (χ0n) is 15.9. The maximum atomic E-state index is 13.4. The summed E-state index contributed by atoms with van der Waals surface area (Å²) in [6.07, 6.45) is 1.82. The predicted molar refractivity (Wildman–Crippen MR) is 105 cm³/mol. The highest BCUT2D eigenvalue weighted by molar-refractivity contribution is 5.79. The van der Waals surface area contributed by atoms with Crippen molar-refractivity contribution in [2.45, 2.75) is 13.1 Å². The molecule has 2 aromatic rings. The minimum Gasteiger partial charge on any atom is -0.378 e. The maximum absolute atomic E-state index is 13.4. The van der Waals surface area contributed by atoms with Crippen molar-refractivity contribution in [3.05, 3.63) is 59.5 Å². The Balaban J connectivity index is 1.64. The number of hydrogen-bond acceptors (Lipinski definition) is 4. The van der Waals surface area contributed by atoms with Crippen molar-refractivity contribution in [3.63, 3.8) is 0 Å². The number of aliphatic imine (C=N–C) groups is 1. The molecule has 0 amide bonds. The zero-order chi connectivity index (χ0) is 19.1. The number of ether oxygens (including phenoxy) is 1. The highest BCUT2D eigenvalue weighted by Gasteiger charge is 2.16. The molecule has 7 heteroatoms. The summed E-state index contributed by atoms with van der Waals surface area (Å²) >= 11 is 0. The second-order valence-electron chi connectivity index (χ2n) is 6.47. The lowest BCUT2D eigenvalue weighted by Gasteiger charge is -2.30. The van der Waals surface area contributed by atoms with E-state index >= 15 is 0 Å². The summed E-state index contributed by atoms with van der Waals surface area (Å²) in [6, 6.07) is 10.6. The molecule has 1 saturated heterocycles. The van der Waals surface area contributed by atoms with Crippen LogP contribution >= 0.6 is 0 Å². The minimum atomic E-state index is -0.227. The van der Waals surface area contributed by atoms with Crippen molar-refractivity contribution in [3.8, 4) is 0 Å². The SMILES string of the molecule is CN=C(NCc1cccnc1N1CCOCC1)N(C)Cc1cccc(F)c1. The average molecular weight is 371 g/mol. The van der Waals surface area contributed by atoms with E-state index in [1.54, 1.807) is 19.2 Å². The van der Waals surface area contributed by atoms with Crippen LogP contribution in [-0.4, -0.2) is 56.2 Å². The number of morpholine rings is 1. The third-order valence-corrected chi connectivity index (χ3v) is 4.50. The summed E-state index contributed by atoms with van der Waals surface area (Å²) in [5.74, 6) is 1.50. The number of benzene rings is 1. The number of nitrogens with one attached hydrogen (secondary N) is 1. The molecule has 6 nitrogen and oxygen atoms in total. The fourth-order valence-electron chi connectivity index (χ4n) is 3.17. The topological polar surface area (TPSA) is 53.0 Å². The van der Waals surface area contributed by atoms with Gasteiger partial charge in [-0.05, 0) is 23.8 Å². The number of anilines is 1. The first-order valence-corrected chi connectivity index (χ1v) is 9.10. The number of guanidine groups is 1. The molecular weight excluding hydrogens is 345 g/mol. The largest absolute Gasteiger partial charge is 0.378 e. The van der Waals surface area contributed by atoms with Crippen molar-refractivity contribution >= 4 is 11.8 Å². The molecule has 1 aliphatic rings. The summed E-state index contributed by atoms with van der Waals surface area (Å²) in [6.45, 7) is 4.32. The number of rotatable bonds is 5. The summed E-state index contributed by atoms with van der Waals surface area (Å²) in [7, 11) is 3.68. The van der Waals surface area contributed by atoms with Gasteiger partial charge in [0.25, 0.3) is 0 Å². The molecule has 1 fully saturated rings. The molecule has 144 valence electrons. The molecule has 0 saturated carbocycles. The van der Waals surface area contributed by atoms with Gasteiger partial charge in [0.1, 0.15) is 11.6 Å². The highest BCUT2D eigenvalue weighted by Crippen LogP contribution is 2.18. The fourth-order valence-corrected chi connectivity index (χ4v) is 3.17. The Morgan fingerprint density at radius 2 is 2.11 bits per heavy atom. The van der Waals surface area contributed by atoms with Gasteiger partial charge in [0.15, 0.2) is 5.96 Å². The van der Waals surface area contributed by atoms with Gasteiger partial charge in [0.05, 0.1) is 13.2 Å². The van der Waals surface area contributed by atoms with Crippen LogP contribution in [0.3, 0.4) is 0 Å². The van der Waals surface area contributed by atoms with Gasteiger partial charge >= 0.3 is 0 Å². The van der Waals surface area contributed by atoms with E-state index in [0.717, 1.165) is 49.2 Å². The first-order valence-electron chi connectivity index (χ1n) is 9.10. The summed E-state index contributed by atoms with van der Waals surface area (Å²) in [5.41, 5.74) is 2.01. The Labute approximate surface area is 159 Å². The molecule has 1 N–H and O–H groups in total. The van der Waals surface area contributed by atoms with Gasteiger partial charge in [0, 0.05) is 52.0 Å². The van der Waals surface area contributed by atoms with E-state index in [-0.39, 0.29) is 5.82 Å². The number of nitrogens with zero attached hydrogens (tertiary/aromatic N) is 4. The van der Waals surface area contributed by atoms with Crippen LogP contribution in [0.2, 0.25) is 0 Å². The Hall–Kier alpha value is -2.67. The van der Waals surface area contributed by atoms with Crippen molar-refractivity contribution in [1.29, 1.82) is 0 Å². The molecule has 0 aliphatic carbocycles. The molecule has 3 rings (SSSR count). The van der Waals surface area contributed by atoms with Gasteiger partial charge in [-0.1, -0.05) is 18.2 Å². The molecule has 1 aromatic carbocycles. The second kappa shape index (κ2) is 9.32. The van der Waals surface area contributed by atoms with E-state index < -0.39 is 0 Å². The summed E-state index contributed by atoms with van der Waals surface area (Å²) in [5, 5.41) is 3.38. The molecule has 0 spiro atoms. The van der Waals surface area contributed by atoms with Crippen LogP contribution in [0.1, 0.15) is 11.1 Å². The average Bonchev–Trinajstić information content (AvgIpc) is 2.69. The van der Waals surface area contributed by atoms with Crippen molar-refractivity contribution in [2.24, 2.45) is 4.99 Å². The lowest BCUT2D eigenvalue weighted by molar-refractivity contribution is 0.122. The first kappa shape index (κ1) is 19.1. The van der Waals surface area contributed by atoms with Crippen LogP contribution < -0.4 is 10.2 Å². The maximum Gasteiger partial charge on any atom is 0.193 e. The van der Waals surface area contributed by atoms with Crippen molar-refractivity contribution in [2.75, 3.05) is 45.3 Å². The Bertz CT molecular complexity index is 776. The van der Waals surface area contributed by atoms with E-state index in [0.29, 0.717) is 13.1 Å². The smallest absolute Gasteiger partial charge is 0.193 e. The zero-order valence-corrected chi connectivity index (χ0v) is 15.9. The highest BCUT2D eigenvalue weighted by atomic mass is 19.1. The fraction of sp³-hybridized carbons (Fsp3) is 0.400. The summed E-state index contributed by atoms with van der Waals surface area (Å²) in [4.78, 5) is 13.1. The van der Waals surface area contributed by atoms with E-state index in [9.17, 15) is 4.39 Å². The molecular formula is C20H26FN5O. The van der Waals surface area contributed by atoms with Crippen LogP contribution in [0.4, 0.5) is 10.2 Å². The Morgan fingerprint density at radius 1 is 1.30 bits per heavy atom. The molecule has 0 unspecified atom stereocenters. The molecule has 1 aromatic heterocycles. The Morgan fingerprint density at radius 3 is 2.85 bits per heavy atom. The van der Waals surface area contributed by atoms with Crippen molar-refractivity contribution in [1.82, 2.24) is 15.2 Å². The number of pyridine rings is 1. The van der Waals surface area contributed by atoms with Crippen molar-refractivity contribution < 1.29 is 9.13 Å². The van der Waals surface area contributed by atoms with Crippen LogP contribution in [0.25, 0.3) is 0 Å². The molecule has 0 radical (unpaired) electrons. The van der Waals surface area contributed by atoms with Gasteiger partial charge in [-0.3, -0.25) is 4.99 Å². The van der Waals surface area contributed by atoms with Crippen LogP contribution in [-0.2, 0) is 17.8 Å². The number of hydrogen-bond donors (Lipinski definition) is 1. The van der Waals surface area contributed by atoms with E-state index in [2.05, 4.69) is 26.3 Å². The standard InChI is InChI=1S/C20H26FN5O/c1-22-20(25(2)15-16-5-3-7-18(21)13-16)24-14-17-6-4-8-23-19(17)26-9-11-27-12-10-26/h3-8,13H,9-12,14-15H2,1-2H3,(H,22,24). The third-order valence-electron chi connectivity index (χ3n) is 4.50. The van der Waals surface area contributed by atoms with Crippen LogP contribution in [0.15, 0.2) is 47.6 Å². The lowest BCUT2D eigenvalue weighted by Crippen LogP contribution is -2.40. The van der Waals surface area contributed by atoms with E-state index in [1.165, 1.54) is 6.07 Å². The minimum absolute atomic E-state index is 0.227. The quantitative estimate of drug-likeness (QED) is 0.645. The summed E-state index contributed by atoms with van der Waals surface area (Å²) < 4.78 is 18.8. The van der Waals surface area contributed by atoms with Gasteiger partial charge in [0.2, 0.25) is 0 Å². The first-order chi connectivity index (χ1) is 13.2. The predicted octanol–water partition coefficient (Wildman–Crippen LogP) is 2.26. The second-order valence-corrected chi connectivity index (χ2v) is 6.47. The van der Waals surface area contributed by atoms with E-state index in [1.807, 2.05) is 30.3 Å². The number of aromatic nitrogens is 1. The Kier molecular flexibility index (Phi) is 6.59. The third kappa shape index (κ3) is 5.17. The van der Waals surface area contributed by atoms with Gasteiger partial charge in [-0.2, -0.15) is 0 Å². The molecule has 27 heavy (non-hydrogen) atoms. The van der Waals surface area contributed by atoms with Crippen LogP contribution in [0.5, 0.6) is 0 Å².